The third-order valence-corrected chi connectivity index (χ3v) is 3.94. The first-order valence-electron chi connectivity index (χ1n) is 7.15. The third kappa shape index (κ3) is 3.28. The van der Waals surface area contributed by atoms with E-state index in [1.807, 2.05) is 31.2 Å². The summed E-state index contributed by atoms with van der Waals surface area (Å²) in [4.78, 5) is 16.1. The van der Waals surface area contributed by atoms with Gasteiger partial charge in [-0.2, -0.15) is 5.10 Å². The molecule has 21 heavy (non-hydrogen) atoms. The largest absolute Gasteiger partial charge is 0.326 e. The van der Waals surface area contributed by atoms with Crippen molar-refractivity contribution in [2.75, 3.05) is 18.4 Å². The molecule has 1 aromatic carbocycles. The van der Waals surface area contributed by atoms with E-state index >= 15 is 0 Å². The molecule has 2 heterocycles. The molecule has 0 aliphatic carbocycles. The molecule has 6 nitrogen and oxygen atoms in total. The maximum atomic E-state index is 12.2. The maximum absolute atomic E-state index is 12.2. The summed E-state index contributed by atoms with van der Waals surface area (Å²) in [5.74, 6) is 0.563. The molecule has 2 N–H and O–H groups in total. The van der Waals surface area contributed by atoms with Crippen LogP contribution in [0.25, 0.3) is 0 Å². The highest BCUT2D eigenvalue weighted by Crippen LogP contribution is 2.19. The topological polar surface area (TPSA) is 71.8 Å². The van der Waals surface area contributed by atoms with Crippen molar-refractivity contribution in [3.05, 3.63) is 42.5 Å². The van der Waals surface area contributed by atoms with Crippen LogP contribution in [0, 0.1) is 11.8 Å². The second-order valence-corrected chi connectivity index (χ2v) is 5.49. The molecule has 1 saturated heterocycles. The molecule has 2 aromatic rings. The molecule has 6 heteroatoms. The van der Waals surface area contributed by atoms with E-state index < -0.39 is 0 Å². The predicted octanol–water partition coefficient (Wildman–Crippen LogP) is 1.12. The number of aromatic nitrogens is 3. The summed E-state index contributed by atoms with van der Waals surface area (Å²) < 4.78 is 1.75. The fraction of sp³-hybridized carbons (Fsp3) is 0.400. The van der Waals surface area contributed by atoms with Crippen LogP contribution >= 0.6 is 0 Å². The number of hydrogen-bond donors (Lipinski definition) is 2. The molecule has 0 bridgehead atoms. The Morgan fingerprint density at radius 2 is 2.38 bits per heavy atom. The maximum Gasteiger partial charge on any atom is 0.227 e. The number of rotatable bonds is 5. The average molecular weight is 285 g/mol. The van der Waals surface area contributed by atoms with Crippen molar-refractivity contribution in [1.82, 2.24) is 20.1 Å². The van der Waals surface area contributed by atoms with E-state index in [9.17, 15) is 4.79 Å². The van der Waals surface area contributed by atoms with E-state index in [4.69, 9.17) is 0 Å². The van der Waals surface area contributed by atoms with Gasteiger partial charge in [0.05, 0.1) is 6.54 Å². The standard InChI is InChI=1S/C15H19N5O/c1-11(13-6-16-7-13)15(21)19-14-4-2-3-12(5-14)8-20-10-17-9-18-20/h2-5,9-11,13,16H,6-8H2,1H3,(H,19,21). The van der Waals surface area contributed by atoms with E-state index in [2.05, 4.69) is 20.7 Å². The zero-order valence-corrected chi connectivity index (χ0v) is 12.0. The summed E-state index contributed by atoms with van der Waals surface area (Å²) >= 11 is 0. The van der Waals surface area contributed by atoms with Crippen molar-refractivity contribution >= 4 is 11.6 Å². The lowest BCUT2D eigenvalue weighted by atomic mass is 9.88. The number of amides is 1. The van der Waals surface area contributed by atoms with E-state index in [1.165, 1.54) is 6.33 Å². The molecule has 0 radical (unpaired) electrons. The van der Waals surface area contributed by atoms with Crippen molar-refractivity contribution in [2.24, 2.45) is 11.8 Å². The molecule has 1 fully saturated rings. The van der Waals surface area contributed by atoms with Gasteiger partial charge >= 0.3 is 0 Å². The van der Waals surface area contributed by atoms with Crippen molar-refractivity contribution < 1.29 is 4.79 Å². The minimum absolute atomic E-state index is 0.0326. The molecule has 0 saturated carbocycles. The van der Waals surface area contributed by atoms with Gasteiger partial charge in [-0.1, -0.05) is 19.1 Å². The molecular formula is C15H19N5O. The molecule has 0 spiro atoms. The smallest absolute Gasteiger partial charge is 0.227 e. The zero-order chi connectivity index (χ0) is 14.7. The van der Waals surface area contributed by atoms with Crippen molar-refractivity contribution in [1.29, 1.82) is 0 Å². The molecule has 1 aliphatic heterocycles. The quantitative estimate of drug-likeness (QED) is 0.863. The Labute approximate surface area is 123 Å². The fourth-order valence-electron chi connectivity index (χ4n) is 2.38. The van der Waals surface area contributed by atoms with Crippen LogP contribution in [0.3, 0.4) is 0 Å². The number of carbonyl (C=O) groups excluding carboxylic acids is 1. The van der Waals surface area contributed by atoms with Gasteiger partial charge < -0.3 is 10.6 Å². The number of anilines is 1. The fourth-order valence-corrected chi connectivity index (χ4v) is 2.38. The average Bonchev–Trinajstić information content (AvgIpc) is 2.90. The molecule has 1 atom stereocenters. The summed E-state index contributed by atoms with van der Waals surface area (Å²) in [7, 11) is 0. The first kappa shape index (κ1) is 13.8. The highest BCUT2D eigenvalue weighted by molar-refractivity contribution is 5.92. The van der Waals surface area contributed by atoms with Gasteiger partial charge in [0, 0.05) is 11.6 Å². The number of nitrogens with zero attached hydrogens (tertiary/aromatic N) is 3. The van der Waals surface area contributed by atoms with Crippen LogP contribution in [0.4, 0.5) is 5.69 Å². The lowest BCUT2D eigenvalue weighted by Gasteiger charge is -2.31. The Hall–Kier alpha value is -2.21. The van der Waals surface area contributed by atoms with Gasteiger partial charge in [0.2, 0.25) is 5.91 Å². The number of benzene rings is 1. The molecular weight excluding hydrogens is 266 g/mol. The Kier molecular flexibility index (Phi) is 3.96. The second kappa shape index (κ2) is 6.05. The monoisotopic (exact) mass is 285 g/mol. The van der Waals surface area contributed by atoms with Crippen molar-refractivity contribution in [3.63, 3.8) is 0 Å². The van der Waals surface area contributed by atoms with Gasteiger partial charge in [-0.05, 0) is 36.7 Å². The number of hydrogen-bond acceptors (Lipinski definition) is 4. The Morgan fingerprint density at radius 3 is 3.05 bits per heavy atom. The van der Waals surface area contributed by atoms with Crippen molar-refractivity contribution in [2.45, 2.75) is 13.5 Å². The Bertz CT molecular complexity index is 606. The molecule has 1 amide bonds. The summed E-state index contributed by atoms with van der Waals surface area (Å²) in [6, 6.07) is 7.84. The van der Waals surface area contributed by atoms with Crippen LogP contribution in [0.15, 0.2) is 36.9 Å². The van der Waals surface area contributed by atoms with E-state index in [0.717, 1.165) is 24.3 Å². The van der Waals surface area contributed by atoms with E-state index in [0.29, 0.717) is 12.5 Å². The van der Waals surface area contributed by atoms with Crippen LogP contribution in [0.1, 0.15) is 12.5 Å². The summed E-state index contributed by atoms with van der Waals surface area (Å²) in [5, 5.41) is 10.3. The van der Waals surface area contributed by atoms with Crippen molar-refractivity contribution in [3.8, 4) is 0 Å². The summed E-state index contributed by atoms with van der Waals surface area (Å²) in [6.45, 7) is 4.49. The summed E-state index contributed by atoms with van der Waals surface area (Å²) in [6.07, 6.45) is 3.19. The van der Waals surface area contributed by atoms with Crippen LogP contribution in [-0.2, 0) is 11.3 Å². The van der Waals surface area contributed by atoms with Gasteiger partial charge in [-0.25, -0.2) is 9.67 Å². The Balaban J connectivity index is 1.63. The van der Waals surface area contributed by atoms with Gasteiger partial charge in [0.25, 0.3) is 0 Å². The minimum Gasteiger partial charge on any atom is -0.326 e. The molecule has 1 aromatic heterocycles. The summed E-state index contributed by atoms with van der Waals surface area (Å²) in [5.41, 5.74) is 1.91. The number of nitrogens with one attached hydrogen (secondary N) is 2. The molecule has 1 unspecified atom stereocenters. The van der Waals surface area contributed by atoms with Gasteiger partial charge in [0.15, 0.2) is 0 Å². The molecule has 3 rings (SSSR count). The van der Waals surface area contributed by atoms with Crippen LogP contribution in [0.2, 0.25) is 0 Å². The van der Waals surface area contributed by atoms with Crippen LogP contribution < -0.4 is 10.6 Å². The van der Waals surface area contributed by atoms with Crippen LogP contribution in [0.5, 0.6) is 0 Å². The normalized spacial score (nSPS) is 16.2. The SMILES string of the molecule is CC(C(=O)Nc1cccc(Cn2cncn2)c1)C1CNC1. The van der Waals surface area contributed by atoms with Crippen LogP contribution in [-0.4, -0.2) is 33.8 Å². The highest BCUT2D eigenvalue weighted by Gasteiger charge is 2.28. The first-order chi connectivity index (χ1) is 10.2. The number of carbonyl (C=O) groups is 1. The lowest BCUT2D eigenvalue weighted by Crippen LogP contribution is -2.48. The Morgan fingerprint density at radius 1 is 1.52 bits per heavy atom. The zero-order valence-electron chi connectivity index (χ0n) is 12.0. The molecule has 1 aliphatic rings. The van der Waals surface area contributed by atoms with Gasteiger partial charge in [-0.3, -0.25) is 4.79 Å². The van der Waals surface area contributed by atoms with Gasteiger partial charge in [0.1, 0.15) is 12.7 Å². The second-order valence-electron chi connectivity index (χ2n) is 5.49. The van der Waals surface area contributed by atoms with E-state index in [-0.39, 0.29) is 11.8 Å². The minimum atomic E-state index is 0.0326. The van der Waals surface area contributed by atoms with Gasteiger partial charge in [-0.15, -0.1) is 0 Å². The highest BCUT2D eigenvalue weighted by atomic mass is 16.1. The predicted molar refractivity (Wildman–Crippen MR) is 79.7 cm³/mol. The first-order valence-corrected chi connectivity index (χ1v) is 7.15. The molecule has 110 valence electrons. The third-order valence-electron chi connectivity index (χ3n) is 3.94. The lowest BCUT2D eigenvalue weighted by molar-refractivity contribution is -0.121. The van der Waals surface area contributed by atoms with E-state index in [1.54, 1.807) is 11.0 Å².